The summed E-state index contributed by atoms with van der Waals surface area (Å²) >= 11 is 1.13. The summed E-state index contributed by atoms with van der Waals surface area (Å²) in [6.45, 7) is 5.01. The van der Waals surface area contributed by atoms with Crippen LogP contribution in [0.1, 0.15) is 12.8 Å². The molecule has 12 heteroatoms. The molecule has 0 unspecified atom stereocenters. The lowest BCUT2D eigenvalue weighted by molar-refractivity contribution is -0.140. The van der Waals surface area contributed by atoms with Crippen LogP contribution in [0.4, 0.5) is 0 Å². The van der Waals surface area contributed by atoms with Crippen molar-refractivity contribution in [3.05, 3.63) is 17.5 Å². The van der Waals surface area contributed by atoms with Gasteiger partial charge in [-0.25, -0.2) is 8.42 Å². The minimum absolute atomic E-state index is 0.0926. The summed E-state index contributed by atoms with van der Waals surface area (Å²) in [7, 11) is -3.70. The molecule has 10 nitrogen and oxygen atoms in total. The van der Waals surface area contributed by atoms with Gasteiger partial charge in [0.1, 0.15) is 10.4 Å². The van der Waals surface area contributed by atoms with Gasteiger partial charge in [-0.1, -0.05) is 6.07 Å². The van der Waals surface area contributed by atoms with Gasteiger partial charge >= 0.3 is 11.8 Å². The Balaban J connectivity index is 1.42. The molecule has 2 saturated heterocycles. The minimum atomic E-state index is -3.70. The zero-order chi connectivity index (χ0) is 21.4. The zero-order valence-electron chi connectivity index (χ0n) is 16.7. The fourth-order valence-electron chi connectivity index (χ4n) is 3.30. The third-order valence-corrected chi connectivity index (χ3v) is 8.16. The quantitative estimate of drug-likeness (QED) is 0.394. The molecule has 1 aromatic rings. The summed E-state index contributed by atoms with van der Waals surface area (Å²) in [5, 5.41) is 6.77. The second-order valence-electron chi connectivity index (χ2n) is 7.00. The maximum atomic E-state index is 12.8. The monoisotopic (exact) mass is 460 g/mol. The molecule has 2 aliphatic heterocycles. The lowest BCUT2D eigenvalue weighted by Crippen LogP contribution is -2.53. The molecule has 168 valence electrons. The summed E-state index contributed by atoms with van der Waals surface area (Å²) in [4.78, 5) is 26.3. The molecule has 1 aromatic heterocycles. The Hall–Kier alpha value is -1.57. The van der Waals surface area contributed by atoms with Gasteiger partial charge in [-0.3, -0.25) is 14.5 Å². The van der Waals surface area contributed by atoms with Gasteiger partial charge < -0.3 is 20.1 Å². The van der Waals surface area contributed by atoms with E-state index in [9.17, 15) is 18.0 Å². The Morgan fingerprint density at radius 1 is 1.13 bits per heavy atom. The number of carbonyl (C=O) groups is 2. The number of nitrogens with zero attached hydrogens (tertiary/aromatic N) is 2. The lowest BCUT2D eigenvalue weighted by Gasteiger charge is -2.34. The number of nitrogens with one attached hydrogen (secondary N) is 2. The summed E-state index contributed by atoms with van der Waals surface area (Å²) < 4.78 is 37.9. The van der Waals surface area contributed by atoms with Crippen LogP contribution >= 0.6 is 11.3 Å². The van der Waals surface area contributed by atoms with E-state index in [0.717, 1.165) is 50.6 Å². The average molecular weight is 461 g/mol. The molecule has 3 rings (SSSR count). The van der Waals surface area contributed by atoms with Crippen LogP contribution < -0.4 is 10.6 Å². The predicted molar refractivity (Wildman–Crippen MR) is 110 cm³/mol. The molecule has 0 saturated carbocycles. The highest BCUT2D eigenvalue weighted by atomic mass is 32.2. The van der Waals surface area contributed by atoms with Crippen molar-refractivity contribution in [2.24, 2.45) is 0 Å². The van der Waals surface area contributed by atoms with Gasteiger partial charge in [0, 0.05) is 26.2 Å². The summed E-state index contributed by atoms with van der Waals surface area (Å²) in [6, 6.07) is 3.21. The molecule has 2 aliphatic rings. The SMILES string of the molecule is O=C(NCCCN1CCOCC1)C(=O)NC[C@H]1OCCCN1S(=O)(=O)c1cccs1. The van der Waals surface area contributed by atoms with Gasteiger partial charge in [0.2, 0.25) is 0 Å². The number of ether oxygens (including phenoxy) is 2. The number of sulfonamides is 1. The Morgan fingerprint density at radius 2 is 1.90 bits per heavy atom. The normalized spacial score (nSPS) is 21.3. The Labute approximate surface area is 180 Å². The number of hydrogen-bond acceptors (Lipinski definition) is 8. The van der Waals surface area contributed by atoms with Crippen LogP contribution in [0.5, 0.6) is 0 Å². The number of hydrogen-bond donors (Lipinski definition) is 2. The van der Waals surface area contributed by atoms with Crippen molar-refractivity contribution in [3.63, 3.8) is 0 Å². The number of carbonyl (C=O) groups excluding carboxylic acids is 2. The fourth-order valence-corrected chi connectivity index (χ4v) is 5.98. The van der Waals surface area contributed by atoms with Gasteiger partial charge in [0.25, 0.3) is 10.0 Å². The van der Waals surface area contributed by atoms with Crippen molar-refractivity contribution in [3.8, 4) is 0 Å². The van der Waals surface area contributed by atoms with E-state index in [4.69, 9.17) is 9.47 Å². The molecule has 0 bridgehead atoms. The lowest BCUT2D eigenvalue weighted by atomic mass is 10.3. The predicted octanol–water partition coefficient (Wildman–Crippen LogP) is -0.560. The van der Waals surface area contributed by atoms with E-state index in [1.165, 1.54) is 10.4 Å². The first kappa shape index (κ1) is 23.1. The van der Waals surface area contributed by atoms with Gasteiger partial charge in [0.05, 0.1) is 26.4 Å². The smallest absolute Gasteiger partial charge is 0.309 e. The molecular formula is C18H28N4O6S2. The number of morpholine rings is 1. The second-order valence-corrected chi connectivity index (χ2v) is 10.1. The molecule has 0 aromatic carbocycles. The summed E-state index contributed by atoms with van der Waals surface area (Å²) in [5.74, 6) is -1.54. The van der Waals surface area contributed by atoms with Crippen LogP contribution in [0.25, 0.3) is 0 Å². The molecule has 0 radical (unpaired) electrons. The number of amides is 2. The van der Waals surface area contributed by atoms with Gasteiger partial charge in [0.15, 0.2) is 0 Å². The third kappa shape index (κ3) is 6.22. The van der Waals surface area contributed by atoms with E-state index >= 15 is 0 Å². The first-order chi connectivity index (χ1) is 14.5. The van der Waals surface area contributed by atoms with Crippen LogP contribution in [0.15, 0.2) is 21.7 Å². The van der Waals surface area contributed by atoms with Crippen LogP contribution in [-0.2, 0) is 29.1 Å². The highest BCUT2D eigenvalue weighted by Gasteiger charge is 2.35. The summed E-state index contributed by atoms with van der Waals surface area (Å²) in [6.07, 6.45) is 0.458. The van der Waals surface area contributed by atoms with Crippen molar-refractivity contribution >= 4 is 33.2 Å². The van der Waals surface area contributed by atoms with Crippen LogP contribution in [0, 0.1) is 0 Å². The van der Waals surface area contributed by atoms with E-state index in [1.54, 1.807) is 11.4 Å². The van der Waals surface area contributed by atoms with Crippen molar-refractivity contribution < 1.29 is 27.5 Å². The second kappa shape index (κ2) is 11.2. The molecule has 1 atom stereocenters. The Morgan fingerprint density at radius 3 is 2.63 bits per heavy atom. The van der Waals surface area contributed by atoms with E-state index in [1.807, 2.05) is 0 Å². The molecule has 0 aliphatic carbocycles. The minimum Gasteiger partial charge on any atom is -0.379 e. The fraction of sp³-hybridized carbons (Fsp3) is 0.667. The average Bonchev–Trinajstić information content (AvgIpc) is 3.32. The van der Waals surface area contributed by atoms with Crippen LogP contribution in [0.3, 0.4) is 0 Å². The van der Waals surface area contributed by atoms with Crippen molar-refractivity contribution in [1.82, 2.24) is 19.8 Å². The highest BCUT2D eigenvalue weighted by Crippen LogP contribution is 2.25. The van der Waals surface area contributed by atoms with Gasteiger partial charge in [-0.2, -0.15) is 4.31 Å². The van der Waals surface area contributed by atoms with Gasteiger partial charge in [-0.15, -0.1) is 11.3 Å². The van der Waals surface area contributed by atoms with Gasteiger partial charge in [-0.05, 0) is 30.8 Å². The standard InChI is InChI=1S/C18H28N4O6S2/c23-17(19-5-2-6-21-8-11-27-12-9-21)18(24)20-14-15-22(7-3-10-28-15)30(25,26)16-4-1-13-29-16/h1,4,13,15H,2-3,5-12,14H2,(H,19,23)(H,20,24)/t15-/m1/s1. The molecule has 2 N–H and O–H groups in total. The molecular weight excluding hydrogens is 432 g/mol. The molecule has 2 fully saturated rings. The first-order valence-corrected chi connectivity index (χ1v) is 12.3. The maximum absolute atomic E-state index is 12.8. The van der Waals surface area contributed by atoms with E-state index in [0.29, 0.717) is 26.1 Å². The number of thiophene rings is 1. The van der Waals surface area contributed by atoms with E-state index < -0.39 is 28.1 Å². The van der Waals surface area contributed by atoms with E-state index in [-0.39, 0.29) is 10.8 Å². The Bertz CT molecular complexity index is 796. The van der Waals surface area contributed by atoms with Crippen LogP contribution in [0.2, 0.25) is 0 Å². The highest BCUT2D eigenvalue weighted by molar-refractivity contribution is 7.91. The number of rotatable bonds is 8. The molecule has 2 amide bonds. The maximum Gasteiger partial charge on any atom is 0.309 e. The molecule has 30 heavy (non-hydrogen) atoms. The first-order valence-electron chi connectivity index (χ1n) is 10.0. The van der Waals surface area contributed by atoms with Crippen molar-refractivity contribution in [2.75, 3.05) is 59.1 Å². The van der Waals surface area contributed by atoms with Crippen molar-refractivity contribution in [2.45, 2.75) is 23.3 Å². The summed E-state index contributed by atoms with van der Waals surface area (Å²) in [5.41, 5.74) is 0. The van der Waals surface area contributed by atoms with Crippen LogP contribution in [-0.4, -0.2) is 94.8 Å². The molecule has 3 heterocycles. The largest absolute Gasteiger partial charge is 0.379 e. The Kier molecular flexibility index (Phi) is 8.60. The topological polar surface area (TPSA) is 117 Å². The molecule has 0 spiro atoms. The van der Waals surface area contributed by atoms with E-state index in [2.05, 4.69) is 15.5 Å². The third-order valence-electron chi connectivity index (χ3n) is 4.90. The zero-order valence-corrected chi connectivity index (χ0v) is 18.4. The van der Waals surface area contributed by atoms with Crippen molar-refractivity contribution in [1.29, 1.82) is 0 Å².